The number of halogens is 1. The van der Waals surface area contributed by atoms with E-state index in [9.17, 15) is 4.79 Å². The maximum atomic E-state index is 12.0. The number of hydrogen-bond acceptors (Lipinski definition) is 1. The van der Waals surface area contributed by atoms with Crippen LogP contribution in [0, 0.1) is 0 Å². The van der Waals surface area contributed by atoms with Gasteiger partial charge in [0.25, 0.3) is 5.56 Å². The highest BCUT2D eigenvalue weighted by molar-refractivity contribution is 6.33. The van der Waals surface area contributed by atoms with Gasteiger partial charge in [0.05, 0.1) is 0 Å². The number of aromatic nitrogens is 1. The summed E-state index contributed by atoms with van der Waals surface area (Å²) in [5.74, 6) is 0. The summed E-state index contributed by atoms with van der Waals surface area (Å²) in [7, 11) is 0. The van der Waals surface area contributed by atoms with E-state index >= 15 is 0 Å². The van der Waals surface area contributed by atoms with Crippen LogP contribution in [0.2, 0.25) is 5.02 Å². The Morgan fingerprint density at radius 3 is 2.25 bits per heavy atom. The van der Waals surface area contributed by atoms with E-state index in [0.29, 0.717) is 5.02 Å². The van der Waals surface area contributed by atoms with Crippen molar-refractivity contribution in [3.05, 3.63) is 88.3 Å². The first-order valence-electron chi connectivity index (χ1n) is 6.29. The minimum Gasteiger partial charge on any atom is -0.284 e. The van der Waals surface area contributed by atoms with Crippen LogP contribution in [0.1, 0.15) is 0 Å². The third-order valence-electron chi connectivity index (χ3n) is 3.13. The first-order valence-corrected chi connectivity index (χ1v) is 6.66. The molecule has 0 aliphatic heterocycles. The summed E-state index contributed by atoms with van der Waals surface area (Å²) in [6.07, 6.45) is 1.82. The third kappa shape index (κ3) is 2.38. The lowest BCUT2D eigenvalue weighted by molar-refractivity contribution is 0.993. The lowest BCUT2D eigenvalue weighted by atomic mass is 10.1. The van der Waals surface area contributed by atoms with E-state index < -0.39 is 0 Å². The normalized spacial score (nSPS) is 10.4. The van der Waals surface area contributed by atoms with E-state index in [1.165, 1.54) is 0 Å². The Labute approximate surface area is 121 Å². The van der Waals surface area contributed by atoms with Crippen molar-refractivity contribution in [3.8, 4) is 16.8 Å². The van der Waals surface area contributed by atoms with Gasteiger partial charge in [0.1, 0.15) is 0 Å². The number of benzene rings is 2. The summed E-state index contributed by atoms with van der Waals surface area (Å²) >= 11 is 6.21. The zero-order valence-corrected chi connectivity index (χ0v) is 11.4. The molecule has 0 fully saturated rings. The van der Waals surface area contributed by atoms with E-state index in [1.54, 1.807) is 16.7 Å². The zero-order chi connectivity index (χ0) is 13.9. The molecule has 0 unspecified atom stereocenters. The van der Waals surface area contributed by atoms with Crippen molar-refractivity contribution in [3.63, 3.8) is 0 Å². The first kappa shape index (κ1) is 12.7. The van der Waals surface area contributed by atoms with Crippen LogP contribution < -0.4 is 5.56 Å². The molecule has 0 N–H and O–H groups in total. The van der Waals surface area contributed by atoms with Gasteiger partial charge in [-0.2, -0.15) is 0 Å². The van der Waals surface area contributed by atoms with E-state index in [4.69, 9.17) is 11.6 Å². The quantitative estimate of drug-likeness (QED) is 0.691. The summed E-state index contributed by atoms with van der Waals surface area (Å²) in [4.78, 5) is 12.0. The van der Waals surface area contributed by atoms with Crippen LogP contribution in [0.25, 0.3) is 16.8 Å². The number of nitrogens with zero attached hydrogens (tertiary/aromatic N) is 1. The van der Waals surface area contributed by atoms with Crippen LogP contribution in [0.4, 0.5) is 0 Å². The molecule has 1 aromatic heterocycles. The summed E-state index contributed by atoms with van der Waals surface area (Å²) in [6, 6.07) is 20.5. The number of para-hydroxylation sites is 1. The van der Waals surface area contributed by atoms with Crippen LogP contribution in [-0.2, 0) is 0 Å². The van der Waals surface area contributed by atoms with Crippen molar-refractivity contribution in [2.45, 2.75) is 0 Å². The number of hydrogen-bond donors (Lipinski definition) is 0. The second-order valence-electron chi connectivity index (χ2n) is 4.44. The summed E-state index contributed by atoms with van der Waals surface area (Å²) in [5.41, 5.74) is 2.61. The van der Waals surface area contributed by atoms with Gasteiger partial charge in [0.2, 0.25) is 0 Å². The van der Waals surface area contributed by atoms with Crippen LogP contribution in [0.3, 0.4) is 0 Å². The van der Waals surface area contributed by atoms with Crippen molar-refractivity contribution in [1.29, 1.82) is 0 Å². The molecule has 0 aliphatic carbocycles. The van der Waals surface area contributed by atoms with Gasteiger partial charge in [-0.25, -0.2) is 0 Å². The Balaban J connectivity index is 2.18. The second-order valence-corrected chi connectivity index (χ2v) is 4.85. The SMILES string of the molecule is O=c1ccc(-c2ccccc2Cl)cn1-c1ccccc1. The minimum absolute atomic E-state index is 0.0630. The van der Waals surface area contributed by atoms with Crippen molar-refractivity contribution in [1.82, 2.24) is 4.57 Å². The standard InChI is InChI=1S/C17H12ClNO/c18-16-9-5-4-8-15(16)13-10-11-17(20)19(12-13)14-6-2-1-3-7-14/h1-12H. The van der Waals surface area contributed by atoms with Gasteiger partial charge in [0, 0.05) is 34.1 Å². The van der Waals surface area contributed by atoms with Crippen LogP contribution >= 0.6 is 11.6 Å². The summed E-state index contributed by atoms with van der Waals surface area (Å²) in [5, 5.41) is 0.672. The first-order chi connectivity index (χ1) is 9.75. The second kappa shape index (κ2) is 5.35. The predicted molar refractivity (Wildman–Crippen MR) is 82.5 cm³/mol. The molecule has 3 rings (SSSR count). The molecule has 0 amide bonds. The molecular formula is C17H12ClNO. The van der Waals surface area contributed by atoms with Gasteiger partial charge in [-0.15, -0.1) is 0 Å². The topological polar surface area (TPSA) is 22.0 Å². The Hall–Kier alpha value is -2.32. The smallest absolute Gasteiger partial charge is 0.255 e. The van der Waals surface area contributed by atoms with Gasteiger partial charge in [-0.05, 0) is 24.3 Å². The van der Waals surface area contributed by atoms with Crippen molar-refractivity contribution in [2.24, 2.45) is 0 Å². The molecule has 20 heavy (non-hydrogen) atoms. The van der Waals surface area contributed by atoms with Crippen molar-refractivity contribution in [2.75, 3.05) is 0 Å². The maximum absolute atomic E-state index is 12.0. The summed E-state index contributed by atoms with van der Waals surface area (Å²) < 4.78 is 1.62. The minimum atomic E-state index is -0.0630. The Morgan fingerprint density at radius 1 is 0.800 bits per heavy atom. The van der Waals surface area contributed by atoms with Crippen LogP contribution in [0.15, 0.2) is 77.7 Å². The van der Waals surface area contributed by atoms with Crippen LogP contribution in [-0.4, -0.2) is 4.57 Å². The molecule has 0 spiro atoms. The zero-order valence-electron chi connectivity index (χ0n) is 10.7. The monoisotopic (exact) mass is 281 g/mol. The molecule has 2 aromatic carbocycles. The Kier molecular flexibility index (Phi) is 3.40. The van der Waals surface area contributed by atoms with E-state index in [-0.39, 0.29) is 5.56 Å². The molecule has 0 saturated carbocycles. The summed E-state index contributed by atoms with van der Waals surface area (Å²) in [6.45, 7) is 0. The average Bonchev–Trinajstić information content (AvgIpc) is 2.49. The average molecular weight is 282 g/mol. The van der Waals surface area contributed by atoms with Gasteiger partial charge < -0.3 is 0 Å². The molecule has 98 valence electrons. The van der Waals surface area contributed by atoms with Gasteiger partial charge in [0.15, 0.2) is 0 Å². The third-order valence-corrected chi connectivity index (χ3v) is 3.46. The van der Waals surface area contributed by atoms with E-state index in [2.05, 4.69) is 0 Å². The molecule has 0 radical (unpaired) electrons. The van der Waals surface area contributed by atoms with Crippen LogP contribution in [0.5, 0.6) is 0 Å². The molecule has 0 atom stereocenters. The Bertz CT molecular complexity index is 793. The van der Waals surface area contributed by atoms with E-state index in [1.807, 2.05) is 60.8 Å². The van der Waals surface area contributed by atoms with Crippen molar-refractivity contribution >= 4 is 11.6 Å². The largest absolute Gasteiger partial charge is 0.284 e. The molecule has 3 heteroatoms. The van der Waals surface area contributed by atoms with E-state index in [0.717, 1.165) is 16.8 Å². The highest BCUT2D eigenvalue weighted by Crippen LogP contribution is 2.26. The molecule has 1 heterocycles. The lowest BCUT2D eigenvalue weighted by Crippen LogP contribution is -2.16. The highest BCUT2D eigenvalue weighted by Gasteiger charge is 2.05. The van der Waals surface area contributed by atoms with Crippen molar-refractivity contribution < 1.29 is 0 Å². The molecule has 0 saturated heterocycles. The molecule has 0 aliphatic rings. The Morgan fingerprint density at radius 2 is 1.50 bits per heavy atom. The van der Waals surface area contributed by atoms with Gasteiger partial charge in [-0.1, -0.05) is 48.0 Å². The molecular weight excluding hydrogens is 270 g/mol. The molecule has 2 nitrogen and oxygen atoms in total. The number of rotatable bonds is 2. The molecule has 3 aromatic rings. The lowest BCUT2D eigenvalue weighted by Gasteiger charge is -2.09. The predicted octanol–water partition coefficient (Wildman–Crippen LogP) is 4.16. The molecule has 0 bridgehead atoms. The van der Waals surface area contributed by atoms with Gasteiger partial charge in [-0.3, -0.25) is 9.36 Å². The number of pyridine rings is 1. The maximum Gasteiger partial charge on any atom is 0.255 e. The fourth-order valence-electron chi connectivity index (χ4n) is 2.13. The van der Waals surface area contributed by atoms with Gasteiger partial charge >= 0.3 is 0 Å². The fourth-order valence-corrected chi connectivity index (χ4v) is 2.38. The fraction of sp³-hybridized carbons (Fsp3) is 0. The highest BCUT2D eigenvalue weighted by atomic mass is 35.5.